The van der Waals surface area contributed by atoms with Gasteiger partial charge in [0, 0.05) is 0 Å². The lowest BCUT2D eigenvalue weighted by molar-refractivity contribution is 0.559. The minimum atomic E-state index is 0.784. The molecule has 0 heterocycles. The third-order valence-corrected chi connectivity index (χ3v) is 2.13. The van der Waals surface area contributed by atoms with Crippen molar-refractivity contribution >= 4 is 0 Å². The van der Waals surface area contributed by atoms with Gasteiger partial charge in [-0.2, -0.15) is 0 Å². The first-order chi connectivity index (χ1) is 5.66. The Kier molecular flexibility index (Phi) is 7.23. The predicted octanol–water partition coefficient (Wildman–Crippen LogP) is 4.56. The number of hydrogen-bond acceptors (Lipinski definition) is 0. The molecule has 12 heavy (non-hydrogen) atoms. The highest BCUT2D eigenvalue weighted by Crippen LogP contribution is 2.12. The summed E-state index contributed by atoms with van der Waals surface area (Å²) in [7, 11) is 0. The van der Waals surface area contributed by atoms with Crippen molar-refractivity contribution in [3.63, 3.8) is 0 Å². The molecule has 0 aliphatic rings. The molecule has 0 heteroatoms. The van der Waals surface area contributed by atoms with Gasteiger partial charge in [-0.15, -0.1) is 0 Å². The number of allylic oxidation sites excluding steroid dienone is 2. The van der Waals surface area contributed by atoms with Crippen molar-refractivity contribution in [1.29, 1.82) is 0 Å². The van der Waals surface area contributed by atoms with Gasteiger partial charge in [0.05, 0.1) is 0 Å². The van der Waals surface area contributed by atoms with Crippen LogP contribution < -0.4 is 0 Å². The monoisotopic (exact) mass is 168 g/mol. The minimum Gasteiger partial charge on any atom is -0.0830 e. The summed E-state index contributed by atoms with van der Waals surface area (Å²) < 4.78 is 0. The van der Waals surface area contributed by atoms with Gasteiger partial charge in [-0.3, -0.25) is 0 Å². The maximum absolute atomic E-state index is 2.38. The molecule has 0 aromatic rings. The zero-order valence-electron chi connectivity index (χ0n) is 9.19. The van der Waals surface area contributed by atoms with Crippen LogP contribution in [0.5, 0.6) is 0 Å². The SMILES string of the molecule is CCCCCCC(C)C=C(C)C. The first kappa shape index (κ1) is 11.7. The van der Waals surface area contributed by atoms with E-state index in [0.717, 1.165) is 5.92 Å². The van der Waals surface area contributed by atoms with Crippen molar-refractivity contribution < 1.29 is 0 Å². The van der Waals surface area contributed by atoms with E-state index in [2.05, 4.69) is 33.8 Å². The summed E-state index contributed by atoms with van der Waals surface area (Å²) in [5, 5.41) is 0. The Bertz CT molecular complexity index is 118. The summed E-state index contributed by atoms with van der Waals surface area (Å²) >= 11 is 0. The van der Waals surface area contributed by atoms with Crippen LogP contribution in [0.1, 0.15) is 59.8 Å². The van der Waals surface area contributed by atoms with Crippen LogP contribution in [0, 0.1) is 5.92 Å². The summed E-state index contributed by atoms with van der Waals surface area (Å²) in [6.07, 6.45) is 9.31. The van der Waals surface area contributed by atoms with E-state index in [0.29, 0.717) is 0 Å². The molecular formula is C12H24. The zero-order valence-corrected chi connectivity index (χ0v) is 9.19. The Morgan fingerprint density at radius 1 is 1.17 bits per heavy atom. The molecule has 0 N–H and O–H groups in total. The molecular weight excluding hydrogens is 144 g/mol. The Hall–Kier alpha value is -0.260. The van der Waals surface area contributed by atoms with Crippen LogP contribution in [0.15, 0.2) is 11.6 Å². The highest BCUT2D eigenvalue weighted by Gasteiger charge is 1.96. The lowest BCUT2D eigenvalue weighted by Crippen LogP contribution is -1.90. The van der Waals surface area contributed by atoms with Gasteiger partial charge in [0.25, 0.3) is 0 Å². The van der Waals surface area contributed by atoms with Crippen molar-refractivity contribution in [3.8, 4) is 0 Å². The van der Waals surface area contributed by atoms with Crippen LogP contribution in [-0.2, 0) is 0 Å². The van der Waals surface area contributed by atoms with E-state index < -0.39 is 0 Å². The highest BCUT2D eigenvalue weighted by molar-refractivity contribution is 4.95. The third-order valence-electron chi connectivity index (χ3n) is 2.13. The molecule has 0 aromatic carbocycles. The molecule has 1 unspecified atom stereocenters. The maximum Gasteiger partial charge on any atom is -0.0259 e. The fourth-order valence-electron chi connectivity index (χ4n) is 1.55. The van der Waals surface area contributed by atoms with E-state index in [9.17, 15) is 0 Å². The Labute approximate surface area is 78.1 Å². The number of unbranched alkanes of at least 4 members (excludes halogenated alkanes) is 3. The molecule has 0 rings (SSSR count). The molecule has 0 amide bonds. The van der Waals surface area contributed by atoms with Crippen molar-refractivity contribution in [2.75, 3.05) is 0 Å². The minimum absolute atomic E-state index is 0.784. The zero-order chi connectivity index (χ0) is 9.40. The quantitative estimate of drug-likeness (QED) is 0.403. The molecule has 0 spiro atoms. The molecule has 0 aliphatic carbocycles. The first-order valence-corrected chi connectivity index (χ1v) is 5.31. The van der Waals surface area contributed by atoms with Crippen molar-refractivity contribution in [2.45, 2.75) is 59.8 Å². The van der Waals surface area contributed by atoms with Gasteiger partial charge in [0.2, 0.25) is 0 Å². The molecule has 0 fully saturated rings. The largest absolute Gasteiger partial charge is 0.0830 e. The van der Waals surface area contributed by atoms with Gasteiger partial charge < -0.3 is 0 Å². The van der Waals surface area contributed by atoms with Gasteiger partial charge in [0.1, 0.15) is 0 Å². The molecule has 0 aliphatic heterocycles. The topological polar surface area (TPSA) is 0 Å². The second kappa shape index (κ2) is 7.39. The number of hydrogen-bond donors (Lipinski definition) is 0. The lowest BCUT2D eigenvalue weighted by Gasteiger charge is -2.06. The summed E-state index contributed by atoms with van der Waals surface area (Å²) in [4.78, 5) is 0. The van der Waals surface area contributed by atoms with Crippen LogP contribution in [0.2, 0.25) is 0 Å². The molecule has 0 nitrogen and oxygen atoms in total. The average Bonchev–Trinajstić information content (AvgIpc) is 1.97. The fourth-order valence-corrected chi connectivity index (χ4v) is 1.55. The lowest BCUT2D eigenvalue weighted by atomic mass is 10.0. The van der Waals surface area contributed by atoms with E-state index >= 15 is 0 Å². The third kappa shape index (κ3) is 7.84. The second-order valence-electron chi connectivity index (χ2n) is 4.07. The van der Waals surface area contributed by atoms with Crippen LogP contribution in [0.3, 0.4) is 0 Å². The normalized spacial score (nSPS) is 12.7. The maximum atomic E-state index is 2.38. The van der Waals surface area contributed by atoms with Crippen LogP contribution >= 0.6 is 0 Å². The Morgan fingerprint density at radius 2 is 1.83 bits per heavy atom. The standard InChI is InChI=1S/C12H24/c1-5-6-7-8-9-12(4)10-11(2)3/h10,12H,5-9H2,1-4H3. The van der Waals surface area contributed by atoms with E-state index in [4.69, 9.17) is 0 Å². The Balaban J connectivity index is 3.32. The van der Waals surface area contributed by atoms with Gasteiger partial charge in [-0.25, -0.2) is 0 Å². The van der Waals surface area contributed by atoms with Crippen molar-refractivity contribution in [1.82, 2.24) is 0 Å². The molecule has 72 valence electrons. The molecule has 0 saturated carbocycles. The predicted molar refractivity (Wildman–Crippen MR) is 57.4 cm³/mol. The second-order valence-corrected chi connectivity index (χ2v) is 4.07. The van der Waals surface area contributed by atoms with Crippen molar-refractivity contribution in [3.05, 3.63) is 11.6 Å². The van der Waals surface area contributed by atoms with Crippen molar-refractivity contribution in [2.24, 2.45) is 5.92 Å². The Morgan fingerprint density at radius 3 is 2.33 bits per heavy atom. The average molecular weight is 168 g/mol. The summed E-state index contributed by atoms with van der Waals surface area (Å²) in [5.41, 5.74) is 1.46. The molecule has 0 radical (unpaired) electrons. The summed E-state index contributed by atoms with van der Waals surface area (Å²) in [6.45, 7) is 8.95. The first-order valence-electron chi connectivity index (χ1n) is 5.31. The van der Waals surface area contributed by atoms with Crippen LogP contribution in [0.25, 0.3) is 0 Å². The molecule has 0 saturated heterocycles. The van der Waals surface area contributed by atoms with Gasteiger partial charge >= 0.3 is 0 Å². The van der Waals surface area contributed by atoms with E-state index in [1.807, 2.05) is 0 Å². The van der Waals surface area contributed by atoms with E-state index in [1.165, 1.54) is 37.7 Å². The molecule has 0 aromatic heterocycles. The van der Waals surface area contributed by atoms with Crippen LogP contribution in [-0.4, -0.2) is 0 Å². The molecule has 0 bridgehead atoms. The summed E-state index contributed by atoms with van der Waals surface area (Å²) in [5.74, 6) is 0.784. The highest BCUT2D eigenvalue weighted by atomic mass is 14.0. The fraction of sp³-hybridized carbons (Fsp3) is 0.833. The van der Waals surface area contributed by atoms with Gasteiger partial charge in [-0.05, 0) is 26.2 Å². The van der Waals surface area contributed by atoms with E-state index in [1.54, 1.807) is 0 Å². The van der Waals surface area contributed by atoms with Gasteiger partial charge in [-0.1, -0.05) is 51.2 Å². The van der Waals surface area contributed by atoms with Crippen LogP contribution in [0.4, 0.5) is 0 Å². The number of rotatable bonds is 6. The summed E-state index contributed by atoms with van der Waals surface area (Å²) in [6, 6.07) is 0. The molecule has 1 atom stereocenters. The van der Waals surface area contributed by atoms with E-state index in [-0.39, 0.29) is 0 Å². The smallest absolute Gasteiger partial charge is 0.0259 e. The van der Waals surface area contributed by atoms with Gasteiger partial charge in [0.15, 0.2) is 0 Å².